The van der Waals surface area contributed by atoms with Crippen molar-refractivity contribution in [3.63, 3.8) is 0 Å². The number of carbonyl (C=O) groups excluding carboxylic acids is 1. The molecule has 1 amide bonds. The SMILES string of the molecule is NC(=O)C1=CC=CN([C@@H]2O[C@H](CO)C(O)[C@@H]2O)C1. The number of aliphatic hydroxyl groups excluding tert-OH is 3. The molecule has 0 saturated carbocycles. The number of rotatable bonds is 3. The minimum Gasteiger partial charge on any atom is -0.394 e. The molecule has 0 spiro atoms. The number of ether oxygens (including phenoxy) is 1. The lowest BCUT2D eigenvalue weighted by atomic mass is 10.1. The molecule has 0 bridgehead atoms. The van der Waals surface area contributed by atoms with E-state index in [9.17, 15) is 15.0 Å². The number of allylic oxidation sites excluding steroid dienone is 2. The van der Waals surface area contributed by atoms with Gasteiger partial charge in [-0.25, -0.2) is 0 Å². The molecule has 2 heterocycles. The number of hydrogen-bond acceptors (Lipinski definition) is 6. The van der Waals surface area contributed by atoms with Gasteiger partial charge in [0.1, 0.15) is 18.3 Å². The molecule has 1 fully saturated rings. The predicted molar refractivity (Wildman–Crippen MR) is 60.9 cm³/mol. The molecule has 0 radical (unpaired) electrons. The summed E-state index contributed by atoms with van der Waals surface area (Å²) in [4.78, 5) is 12.6. The van der Waals surface area contributed by atoms with Crippen LogP contribution in [-0.2, 0) is 9.53 Å². The van der Waals surface area contributed by atoms with Crippen molar-refractivity contribution in [1.29, 1.82) is 0 Å². The molecule has 4 atom stereocenters. The van der Waals surface area contributed by atoms with E-state index >= 15 is 0 Å². The Hall–Kier alpha value is -1.41. The summed E-state index contributed by atoms with van der Waals surface area (Å²) < 4.78 is 5.35. The van der Waals surface area contributed by atoms with Gasteiger partial charge in [0.05, 0.1) is 13.2 Å². The van der Waals surface area contributed by atoms with Crippen molar-refractivity contribution in [2.75, 3.05) is 13.2 Å². The van der Waals surface area contributed by atoms with Crippen LogP contribution in [0.15, 0.2) is 23.9 Å². The molecule has 7 nitrogen and oxygen atoms in total. The van der Waals surface area contributed by atoms with Crippen LogP contribution >= 0.6 is 0 Å². The van der Waals surface area contributed by atoms with Crippen molar-refractivity contribution in [2.45, 2.75) is 24.5 Å². The molecule has 5 N–H and O–H groups in total. The van der Waals surface area contributed by atoms with Gasteiger partial charge in [-0.1, -0.05) is 6.08 Å². The molecule has 0 aromatic carbocycles. The molecular formula is C11H16N2O5. The molecule has 2 aliphatic rings. The Morgan fingerprint density at radius 3 is 2.78 bits per heavy atom. The predicted octanol–water partition coefficient (Wildman–Crippen LogP) is -2.33. The molecule has 1 unspecified atom stereocenters. The fourth-order valence-electron chi connectivity index (χ4n) is 2.06. The molecule has 1 saturated heterocycles. The molecule has 2 aliphatic heterocycles. The minimum atomic E-state index is -1.16. The van der Waals surface area contributed by atoms with E-state index in [0.29, 0.717) is 5.57 Å². The quantitative estimate of drug-likeness (QED) is 0.450. The molecule has 0 aliphatic carbocycles. The van der Waals surface area contributed by atoms with Gasteiger partial charge in [0.2, 0.25) is 5.91 Å². The topological polar surface area (TPSA) is 116 Å². The van der Waals surface area contributed by atoms with Crippen LogP contribution in [0.1, 0.15) is 0 Å². The Balaban J connectivity index is 2.08. The Labute approximate surface area is 104 Å². The number of aliphatic hydroxyl groups is 3. The first-order valence-electron chi connectivity index (χ1n) is 5.60. The zero-order chi connectivity index (χ0) is 13.3. The number of nitrogens with two attached hydrogens (primary N) is 1. The summed E-state index contributed by atoms with van der Waals surface area (Å²) in [6.07, 6.45) is 0.874. The third-order valence-electron chi connectivity index (χ3n) is 3.09. The lowest BCUT2D eigenvalue weighted by Crippen LogP contribution is -2.43. The van der Waals surface area contributed by atoms with Gasteiger partial charge in [0.15, 0.2) is 6.23 Å². The van der Waals surface area contributed by atoms with Crippen LogP contribution in [-0.4, -0.2) is 63.8 Å². The van der Waals surface area contributed by atoms with Crippen molar-refractivity contribution in [3.8, 4) is 0 Å². The lowest BCUT2D eigenvalue weighted by Gasteiger charge is -2.31. The van der Waals surface area contributed by atoms with E-state index in [-0.39, 0.29) is 13.2 Å². The van der Waals surface area contributed by atoms with Crippen LogP contribution in [0.4, 0.5) is 0 Å². The van der Waals surface area contributed by atoms with Crippen molar-refractivity contribution in [3.05, 3.63) is 23.9 Å². The molecule has 0 aromatic heterocycles. The fourth-order valence-corrected chi connectivity index (χ4v) is 2.06. The maximum atomic E-state index is 11.1. The van der Waals surface area contributed by atoms with E-state index in [2.05, 4.69) is 0 Å². The number of primary amides is 1. The zero-order valence-electron chi connectivity index (χ0n) is 9.64. The summed E-state index contributed by atoms with van der Waals surface area (Å²) in [5, 5.41) is 28.5. The fraction of sp³-hybridized carbons (Fsp3) is 0.545. The maximum Gasteiger partial charge on any atom is 0.246 e. The third kappa shape index (κ3) is 2.25. The number of hydrogen-bond donors (Lipinski definition) is 4. The first-order valence-corrected chi connectivity index (χ1v) is 5.60. The highest BCUT2D eigenvalue weighted by Crippen LogP contribution is 2.25. The van der Waals surface area contributed by atoms with Gasteiger partial charge in [-0.2, -0.15) is 0 Å². The Kier molecular flexibility index (Phi) is 3.67. The van der Waals surface area contributed by atoms with Gasteiger partial charge >= 0.3 is 0 Å². The van der Waals surface area contributed by atoms with Crippen LogP contribution in [0.3, 0.4) is 0 Å². The highest BCUT2D eigenvalue weighted by Gasteiger charge is 2.44. The number of amides is 1. The molecule has 100 valence electrons. The first kappa shape index (κ1) is 13.0. The van der Waals surface area contributed by atoms with Gasteiger partial charge < -0.3 is 30.7 Å². The van der Waals surface area contributed by atoms with Crippen molar-refractivity contribution in [1.82, 2.24) is 4.90 Å². The average molecular weight is 256 g/mol. The highest BCUT2D eigenvalue weighted by molar-refractivity contribution is 5.92. The second-order valence-corrected chi connectivity index (χ2v) is 4.30. The third-order valence-corrected chi connectivity index (χ3v) is 3.09. The van der Waals surface area contributed by atoms with Crippen LogP contribution in [0.2, 0.25) is 0 Å². The summed E-state index contributed by atoms with van der Waals surface area (Å²) in [5.74, 6) is -0.545. The van der Waals surface area contributed by atoms with Crippen LogP contribution in [0.25, 0.3) is 0 Å². The second kappa shape index (κ2) is 5.07. The average Bonchev–Trinajstić information content (AvgIpc) is 2.66. The Morgan fingerprint density at radius 1 is 1.50 bits per heavy atom. The smallest absolute Gasteiger partial charge is 0.246 e. The summed E-state index contributed by atoms with van der Waals surface area (Å²) in [5.41, 5.74) is 5.57. The molecule has 0 aromatic rings. The van der Waals surface area contributed by atoms with Gasteiger partial charge in [-0.15, -0.1) is 0 Å². The Morgan fingerprint density at radius 2 is 2.22 bits per heavy atom. The van der Waals surface area contributed by atoms with E-state index in [1.54, 1.807) is 23.3 Å². The Bertz CT molecular complexity index is 395. The lowest BCUT2D eigenvalue weighted by molar-refractivity contribution is -0.115. The van der Waals surface area contributed by atoms with Crippen molar-refractivity contribution in [2.24, 2.45) is 5.73 Å². The van der Waals surface area contributed by atoms with E-state index in [0.717, 1.165) is 0 Å². The van der Waals surface area contributed by atoms with Crippen molar-refractivity contribution >= 4 is 5.91 Å². The first-order chi connectivity index (χ1) is 8.54. The van der Waals surface area contributed by atoms with Crippen LogP contribution < -0.4 is 5.73 Å². The van der Waals surface area contributed by atoms with Crippen LogP contribution in [0.5, 0.6) is 0 Å². The summed E-state index contributed by atoms with van der Waals surface area (Å²) in [6, 6.07) is 0. The maximum absolute atomic E-state index is 11.1. The summed E-state index contributed by atoms with van der Waals surface area (Å²) in [7, 11) is 0. The largest absolute Gasteiger partial charge is 0.394 e. The number of carbonyl (C=O) groups is 1. The van der Waals surface area contributed by atoms with Gasteiger partial charge in [-0.3, -0.25) is 4.79 Å². The monoisotopic (exact) mass is 256 g/mol. The van der Waals surface area contributed by atoms with E-state index in [4.69, 9.17) is 15.6 Å². The summed E-state index contributed by atoms with van der Waals surface area (Å²) in [6.45, 7) is -0.191. The molecule has 18 heavy (non-hydrogen) atoms. The highest BCUT2D eigenvalue weighted by atomic mass is 16.6. The normalized spacial score (nSPS) is 35.7. The minimum absolute atomic E-state index is 0.193. The molecule has 2 rings (SSSR count). The number of nitrogens with zero attached hydrogens (tertiary/aromatic N) is 1. The van der Waals surface area contributed by atoms with Crippen LogP contribution in [0, 0.1) is 0 Å². The standard InChI is InChI=1S/C11H16N2O5/c12-10(17)6-2-1-3-13(4-6)11-9(16)8(15)7(5-14)18-11/h1-3,7-9,11,14-16H,4-5H2,(H2,12,17)/t7-,8?,9+,11-/m1/s1. The van der Waals surface area contributed by atoms with Crippen molar-refractivity contribution < 1.29 is 24.9 Å². The van der Waals surface area contributed by atoms with E-state index in [1.165, 1.54) is 0 Å². The zero-order valence-corrected chi connectivity index (χ0v) is 9.64. The van der Waals surface area contributed by atoms with Gasteiger partial charge in [0, 0.05) is 11.8 Å². The second-order valence-electron chi connectivity index (χ2n) is 4.30. The van der Waals surface area contributed by atoms with Gasteiger partial charge in [0.25, 0.3) is 0 Å². The molecular weight excluding hydrogens is 240 g/mol. The van der Waals surface area contributed by atoms with Gasteiger partial charge in [-0.05, 0) is 6.08 Å². The van der Waals surface area contributed by atoms with E-state index < -0.39 is 30.4 Å². The summed E-state index contributed by atoms with van der Waals surface area (Å²) >= 11 is 0. The molecule has 7 heteroatoms. The van der Waals surface area contributed by atoms with E-state index in [1.807, 2.05) is 0 Å².